The lowest BCUT2D eigenvalue weighted by Crippen LogP contribution is -2.32. The number of hydrogen-bond donors (Lipinski definition) is 2. The zero-order chi connectivity index (χ0) is 15.2. The molecular weight excluding hydrogens is 272 g/mol. The van der Waals surface area contributed by atoms with Crippen molar-refractivity contribution >= 4 is 10.0 Å². The first-order chi connectivity index (χ1) is 9.44. The Kier molecular flexibility index (Phi) is 6.65. The van der Waals surface area contributed by atoms with E-state index in [2.05, 4.69) is 30.8 Å². The van der Waals surface area contributed by atoms with Gasteiger partial charge in [0.1, 0.15) is 0 Å². The van der Waals surface area contributed by atoms with Gasteiger partial charge in [-0.25, -0.2) is 13.1 Å². The van der Waals surface area contributed by atoms with Crippen molar-refractivity contribution in [2.45, 2.75) is 51.0 Å². The molecule has 0 saturated carbocycles. The maximum Gasteiger partial charge on any atom is 0.240 e. The molecule has 0 bridgehead atoms. The van der Waals surface area contributed by atoms with Crippen LogP contribution in [0.25, 0.3) is 0 Å². The monoisotopic (exact) mass is 298 g/mol. The molecule has 1 aromatic carbocycles. The third kappa shape index (κ3) is 4.30. The first kappa shape index (κ1) is 17.1. The van der Waals surface area contributed by atoms with E-state index < -0.39 is 10.0 Å². The SMILES string of the molecule is CCCNS(=O)(=O)c1ccccc1C(C)C(C)NCC. The smallest absolute Gasteiger partial charge is 0.240 e. The van der Waals surface area contributed by atoms with Gasteiger partial charge < -0.3 is 5.32 Å². The molecule has 2 atom stereocenters. The van der Waals surface area contributed by atoms with Crippen molar-refractivity contribution in [1.29, 1.82) is 0 Å². The zero-order valence-electron chi connectivity index (χ0n) is 12.8. The molecule has 0 aliphatic heterocycles. The first-order valence-corrected chi connectivity index (χ1v) is 8.74. The van der Waals surface area contributed by atoms with Gasteiger partial charge in [-0.1, -0.05) is 39.0 Å². The predicted octanol–water partition coefficient (Wildman–Crippen LogP) is 2.48. The van der Waals surface area contributed by atoms with Crippen molar-refractivity contribution in [3.8, 4) is 0 Å². The fourth-order valence-corrected chi connectivity index (χ4v) is 3.63. The highest BCUT2D eigenvalue weighted by molar-refractivity contribution is 7.89. The molecule has 2 N–H and O–H groups in total. The Morgan fingerprint density at radius 3 is 2.40 bits per heavy atom. The van der Waals surface area contributed by atoms with Gasteiger partial charge in [-0.05, 0) is 37.4 Å². The van der Waals surface area contributed by atoms with Crippen molar-refractivity contribution in [2.75, 3.05) is 13.1 Å². The average Bonchev–Trinajstić information content (AvgIpc) is 2.44. The molecule has 0 heterocycles. The summed E-state index contributed by atoms with van der Waals surface area (Å²) in [6.07, 6.45) is 0.782. The van der Waals surface area contributed by atoms with Crippen molar-refractivity contribution in [1.82, 2.24) is 10.0 Å². The van der Waals surface area contributed by atoms with Crippen molar-refractivity contribution < 1.29 is 8.42 Å². The van der Waals surface area contributed by atoms with E-state index in [1.54, 1.807) is 12.1 Å². The van der Waals surface area contributed by atoms with E-state index in [0.717, 1.165) is 18.5 Å². The molecule has 2 unspecified atom stereocenters. The van der Waals surface area contributed by atoms with Gasteiger partial charge in [-0.2, -0.15) is 0 Å². The minimum absolute atomic E-state index is 0.129. The average molecular weight is 298 g/mol. The van der Waals surface area contributed by atoms with Gasteiger partial charge in [0.05, 0.1) is 4.90 Å². The molecule has 1 rings (SSSR count). The number of likely N-dealkylation sites (N-methyl/N-ethyl adjacent to an activating group) is 1. The van der Waals surface area contributed by atoms with Crippen LogP contribution < -0.4 is 10.0 Å². The summed E-state index contributed by atoms with van der Waals surface area (Å²) < 4.78 is 27.4. The molecule has 5 heteroatoms. The molecule has 114 valence electrons. The Bertz CT molecular complexity index is 514. The third-order valence-corrected chi connectivity index (χ3v) is 5.05. The van der Waals surface area contributed by atoms with Crippen LogP contribution in [-0.2, 0) is 10.0 Å². The predicted molar refractivity (Wildman–Crippen MR) is 83.5 cm³/mol. The van der Waals surface area contributed by atoms with E-state index in [4.69, 9.17) is 0 Å². The molecule has 0 saturated heterocycles. The molecule has 0 aliphatic rings. The number of hydrogen-bond acceptors (Lipinski definition) is 3. The lowest BCUT2D eigenvalue weighted by molar-refractivity contribution is 0.488. The van der Waals surface area contributed by atoms with Crippen LogP contribution in [-0.4, -0.2) is 27.5 Å². The lowest BCUT2D eigenvalue weighted by Gasteiger charge is -2.23. The minimum atomic E-state index is -3.42. The fraction of sp³-hybridized carbons (Fsp3) is 0.600. The van der Waals surface area contributed by atoms with Crippen LogP contribution in [0.5, 0.6) is 0 Å². The Balaban J connectivity index is 3.10. The molecule has 1 aromatic rings. The second kappa shape index (κ2) is 7.76. The maximum absolute atomic E-state index is 12.4. The normalized spacial score (nSPS) is 15.0. The van der Waals surface area contributed by atoms with Gasteiger partial charge in [0.15, 0.2) is 0 Å². The molecule has 0 fully saturated rings. The summed E-state index contributed by atoms with van der Waals surface area (Å²) in [5.74, 6) is 0.129. The van der Waals surface area contributed by atoms with Crippen LogP contribution in [0.1, 0.15) is 45.6 Å². The number of rotatable bonds is 8. The molecule has 0 amide bonds. The standard InChI is InChI=1S/C15H26N2O2S/c1-5-11-17-20(18,19)15-10-8-7-9-14(15)12(3)13(4)16-6-2/h7-10,12-13,16-17H,5-6,11H2,1-4H3. The summed E-state index contributed by atoms with van der Waals surface area (Å²) in [6.45, 7) is 9.47. The van der Waals surface area contributed by atoms with Crippen molar-refractivity contribution in [2.24, 2.45) is 0 Å². The largest absolute Gasteiger partial charge is 0.314 e. The maximum atomic E-state index is 12.4. The van der Waals surface area contributed by atoms with Crippen LogP contribution in [0.15, 0.2) is 29.2 Å². The summed E-state index contributed by atoms with van der Waals surface area (Å²) in [4.78, 5) is 0.394. The zero-order valence-corrected chi connectivity index (χ0v) is 13.6. The molecule has 0 aliphatic carbocycles. The van der Waals surface area contributed by atoms with Crippen LogP contribution in [0.4, 0.5) is 0 Å². The second-order valence-electron chi connectivity index (χ2n) is 5.07. The highest BCUT2D eigenvalue weighted by atomic mass is 32.2. The summed E-state index contributed by atoms with van der Waals surface area (Å²) in [5.41, 5.74) is 0.865. The van der Waals surface area contributed by atoms with Gasteiger partial charge in [0.2, 0.25) is 10.0 Å². The van der Waals surface area contributed by atoms with E-state index >= 15 is 0 Å². The second-order valence-corrected chi connectivity index (χ2v) is 6.81. The summed E-state index contributed by atoms with van der Waals surface area (Å²) in [5, 5.41) is 3.35. The van der Waals surface area contributed by atoms with Gasteiger partial charge in [0, 0.05) is 12.6 Å². The summed E-state index contributed by atoms with van der Waals surface area (Å²) >= 11 is 0. The van der Waals surface area contributed by atoms with E-state index in [1.165, 1.54) is 0 Å². The molecule has 0 spiro atoms. The van der Waals surface area contributed by atoms with Gasteiger partial charge in [0.25, 0.3) is 0 Å². The van der Waals surface area contributed by atoms with Crippen LogP contribution >= 0.6 is 0 Å². The van der Waals surface area contributed by atoms with Gasteiger partial charge in [-0.3, -0.25) is 0 Å². The number of benzene rings is 1. The first-order valence-electron chi connectivity index (χ1n) is 7.26. The minimum Gasteiger partial charge on any atom is -0.314 e. The lowest BCUT2D eigenvalue weighted by atomic mass is 9.94. The van der Waals surface area contributed by atoms with Gasteiger partial charge >= 0.3 is 0 Å². The quantitative estimate of drug-likeness (QED) is 0.775. The highest BCUT2D eigenvalue weighted by Crippen LogP contribution is 2.26. The summed E-state index contributed by atoms with van der Waals surface area (Å²) in [6, 6.07) is 7.47. The van der Waals surface area contributed by atoms with Crippen LogP contribution in [0, 0.1) is 0 Å². The molecule has 4 nitrogen and oxygen atoms in total. The Morgan fingerprint density at radius 2 is 1.80 bits per heavy atom. The number of sulfonamides is 1. The Morgan fingerprint density at radius 1 is 1.15 bits per heavy atom. The molecular formula is C15H26N2O2S. The molecule has 0 aromatic heterocycles. The van der Waals surface area contributed by atoms with E-state index in [-0.39, 0.29) is 12.0 Å². The van der Waals surface area contributed by atoms with Crippen molar-refractivity contribution in [3.63, 3.8) is 0 Å². The van der Waals surface area contributed by atoms with Gasteiger partial charge in [-0.15, -0.1) is 0 Å². The summed E-state index contributed by atoms with van der Waals surface area (Å²) in [7, 11) is -3.42. The number of nitrogens with one attached hydrogen (secondary N) is 2. The van der Waals surface area contributed by atoms with E-state index in [0.29, 0.717) is 11.4 Å². The Labute approximate surface area is 123 Å². The van der Waals surface area contributed by atoms with E-state index in [9.17, 15) is 8.42 Å². The Hall–Kier alpha value is -0.910. The third-order valence-electron chi connectivity index (χ3n) is 3.52. The topological polar surface area (TPSA) is 58.2 Å². The van der Waals surface area contributed by atoms with Crippen LogP contribution in [0.2, 0.25) is 0 Å². The highest BCUT2D eigenvalue weighted by Gasteiger charge is 2.23. The van der Waals surface area contributed by atoms with E-state index in [1.807, 2.05) is 19.1 Å². The van der Waals surface area contributed by atoms with Crippen molar-refractivity contribution in [3.05, 3.63) is 29.8 Å². The molecule has 0 radical (unpaired) electrons. The fourth-order valence-electron chi connectivity index (χ4n) is 2.18. The van der Waals surface area contributed by atoms with Crippen LogP contribution in [0.3, 0.4) is 0 Å². The molecule has 20 heavy (non-hydrogen) atoms.